The van der Waals surface area contributed by atoms with Gasteiger partial charge in [-0.1, -0.05) is 83.6 Å². The first-order valence-corrected chi connectivity index (χ1v) is 12.3. The van der Waals surface area contributed by atoms with E-state index >= 15 is 0 Å². The highest BCUT2D eigenvalue weighted by atomic mass is 32.2. The van der Waals surface area contributed by atoms with Gasteiger partial charge in [-0.3, -0.25) is 0 Å². The SMILES string of the molecule is Cc1ccc(-c2nnc(SCC(O)=C(C#N)c3nc4ccccc4[nH]3)nc2-c2ccc(C)cc2)cc1. The third-order valence-corrected chi connectivity index (χ3v) is 6.53. The monoisotopic (exact) mass is 490 g/mol. The molecule has 0 saturated carbocycles. The van der Waals surface area contributed by atoms with Crippen LogP contribution in [0.2, 0.25) is 0 Å². The van der Waals surface area contributed by atoms with Gasteiger partial charge >= 0.3 is 0 Å². The van der Waals surface area contributed by atoms with Crippen LogP contribution in [-0.2, 0) is 0 Å². The van der Waals surface area contributed by atoms with Gasteiger partial charge in [-0.05, 0) is 26.0 Å². The topological polar surface area (TPSA) is 111 Å². The van der Waals surface area contributed by atoms with Crippen molar-refractivity contribution in [1.29, 1.82) is 5.26 Å². The summed E-state index contributed by atoms with van der Waals surface area (Å²) in [6.45, 7) is 4.07. The van der Waals surface area contributed by atoms with Crippen LogP contribution in [0.5, 0.6) is 0 Å². The number of aliphatic hydroxyl groups excluding tert-OH is 1. The Balaban J connectivity index is 1.47. The Morgan fingerprint density at radius 2 is 1.50 bits per heavy atom. The minimum atomic E-state index is -0.107. The zero-order valence-corrected chi connectivity index (χ0v) is 20.5. The van der Waals surface area contributed by atoms with Crippen LogP contribution in [0.4, 0.5) is 0 Å². The Morgan fingerprint density at radius 1 is 0.861 bits per heavy atom. The Morgan fingerprint density at radius 3 is 2.14 bits per heavy atom. The molecule has 0 atom stereocenters. The van der Waals surface area contributed by atoms with Crippen molar-refractivity contribution < 1.29 is 5.11 Å². The number of hydrogen-bond acceptors (Lipinski definition) is 7. The molecule has 0 amide bonds. The molecule has 0 saturated heterocycles. The van der Waals surface area contributed by atoms with Gasteiger partial charge < -0.3 is 10.1 Å². The number of nitrogens with zero attached hydrogens (tertiary/aromatic N) is 5. The summed E-state index contributed by atoms with van der Waals surface area (Å²) in [6, 6.07) is 25.7. The molecule has 5 aromatic rings. The normalized spacial score (nSPS) is 11.8. The molecule has 0 radical (unpaired) electrons. The molecule has 2 N–H and O–H groups in total. The summed E-state index contributed by atoms with van der Waals surface area (Å²) in [4.78, 5) is 12.3. The van der Waals surface area contributed by atoms with Gasteiger partial charge in [-0.15, -0.1) is 10.2 Å². The number of aromatic amines is 1. The second-order valence-corrected chi connectivity index (χ2v) is 9.29. The van der Waals surface area contributed by atoms with E-state index in [0.29, 0.717) is 22.4 Å². The van der Waals surface area contributed by atoms with Crippen LogP contribution < -0.4 is 0 Å². The van der Waals surface area contributed by atoms with Gasteiger partial charge in [0.2, 0.25) is 5.16 Å². The van der Waals surface area contributed by atoms with Gasteiger partial charge in [-0.2, -0.15) is 5.26 Å². The number of aromatic nitrogens is 5. The maximum absolute atomic E-state index is 10.7. The Labute approximate surface area is 212 Å². The first-order chi connectivity index (χ1) is 17.5. The maximum Gasteiger partial charge on any atom is 0.210 e. The number of nitrogens with one attached hydrogen (secondary N) is 1. The van der Waals surface area contributed by atoms with Crippen molar-refractivity contribution in [3.05, 3.63) is 95.5 Å². The fraction of sp³-hybridized carbons (Fsp3) is 0.107. The van der Waals surface area contributed by atoms with Crippen molar-refractivity contribution in [2.24, 2.45) is 0 Å². The number of nitriles is 1. The number of aryl methyl sites for hydroxylation is 2. The van der Waals surface area contributed by atoms with Crippen molar-refractivity contribution in [2.45, 2.75) is 19.0 Å². The van der Waals surface area contributed by atoms with Crippen LogP contribution in [0.25, 0.3) is 39.1 Å². The molecule has 0 aliphatic heterocycles. The number of hydrogen-bond donors (Lipinski definition) is 2. The maximum atomic E-state index is 10.7. The number of H-pyrrole nitrogens is 1. The lowest BCUT2D eigenvalue weighted by atomic mass is 10.0. The van der Waals surface area contributed by atoms with E-state index in [0.717, 1.165) is 33.3 Å². The third kappa shape index (κ3) is 4.83. The molecule has 36 heavy (non-hydrogen) atoms. The Bertz CT molecular complexity index is 1580. The van der Waals surface area contributed by atoms with Crippen LogP contribution in [0.1, 0.15) is 17.0 Å². The molecule has 0 unspecified atom stereocenters. The number of rotatable bonds is 6. The highest BCUT2D eigenvalue weighted by Gasteiger charge is 2.17. The van der Waals surface area contributed by atoms with Gasteiger partial charge in [-0.25, -0.2) is 9.97 Å². The van der Waals surface area contributed by atoms with E-state index in [-0.39, 0.29) is 17.1 Å². The fourth-order valence-electron chi connectivity index (χ4n) is 3.72. The van der Waals surface area contributed by atoms with E-state index in [1.165, 1.54) is 11.8 Å². The van der Waals surface area contributed by atoms with E-state index < -0.39 is 0 Å². The van der Waals surface area contributed by atoms with E-state index in [9.17, 15) is 10.4 Å². The molecule has 5 rings (SSSR count). The highest BCUT2D eigenvalue weighted by molar-refractivity contribution is 7.99. The predicted molar refractivity (Wildman–Crippen MR) is 142 cm³/mol. The number of allylic oxidation sites excluding steroid dienone is 1. The lowest BCUT2D eigenvalue weighted by molar-refractivity contribution is 0.420. The summed E-state index contributed by atoms with van der Waals surface area (Å²) in [5, 5.41) is 29.6. The van der Waals surface area contributed by atoms with Crippen LogP contribution in [0.15, 0.2) is 83.7 Å². The van der Waals surface area contributed by atoms with Gasteiger partial charge in [0.05, 0.1) is 16.8 Å². The predicted octanol–water partition coefficient (Wildman–Crippen LogP) is 6.28. The minimum absolute atomic E-state index is 0.0849. The Kier molecular flexibility index (Phi) is 6.48. The quantitative estimate of drug-likeness (QED) is 0.164. The summed E-state index contributed by atoms with van der Waals surface area (Å²) in [5.74, 6) is 0.314. The molecular weight excluding hydrogens is 468 g/mol. The number of fused-ring (bicyclic) bond motifs is 1. The number of thioether (sulfide) groups is 1. The molecule has 0 bridgehead atoms. The standard InChI is InChI=1S/C28H22N6OS/c1-17-7-11-19(12-8-17)25-26(20-13-9-18(2)10-14-20)33-34-28(32-25)36-16-24(35)21(15-29)27-30-22-5-3-4-6-23(22)31-27/h3-14,35H,16H2,1-2H3,(H,30,31). The van der Waals surface area contributed by atoms with E-state index in [4.69, 9.17) is 4.98 Å². The first kappa shape index (κ1) is 23.3. The Hall–Kier alpha value is -4.48. The minimum Gasteiger partial charge on any atom is -0.510 e. The molecule has 8 heteroatoms. The zero-order chi connectivity index (χ0) is 25.1. The van der Waals surface area contributed by atoms with Crippen molar-refractivity contribution in [3.8, 4) is 28.6 Å². The number of benzene rings is 3. The van der Waals surface area contributed by atoms with Gasteiger partial charge in [0, 0.05) is 11.1 Å². The van der Waals surface area contributed by atoms with Crippen molar-refractivity contribution >= 4 is 28.4 Å². The number of imidazole rings is 1. The molecule has 0 aliphatic rings. The summed E-state index contributed by atoms with van der Waals surface area (Å²) in [5.41, 5.74) is 7.15. The van der Waals surface area contributed by atoms with E-state index in [1.54, 1.807) is 0 Å². The lowest BCUT2D eigenvalue weighted by Crippen LogP contribution is -2.01. The van der Waals surface area contributed by atoms with E-state index in [1.807, 2.05) is 86.6 Å². The average Bonchev–Trinajstić information content (AvgIpc) is 3.32. The molecule has 176 valence electrons. The summed E-state index contributed by atoms with van der Waals surface area (Å²) in [6.07, 6.45) is 0. The van der Waals surface area contributed by atoms with Crippen molar-refractivity contribution in [1.82, 2.24) is 25.1 Å². The van der Waals surface area contributed by atoms with Crippen LogP contribution >= 0.6 is 11.8 Å². The molecule has 2 heterocycles. The van der Waals surface area contributed by atoms with Crippen LogP contribution in [0.3, 0.4) is 0 Å². The molecular formula is C28H22N6OS. The number of para-hydroxylation sites is 2. The van der Waals surface area contributed by atoms with Crippen molar-refractivity contribution in [2.75, 3.05) is 5.75 Å². The molecule has 0 fully saturated rings. The molecule has 0 spiro atoms. The fourth-order valence-corrected chi connectivity index (χ4v) is 4.39. The van der Waals surface area contributed by atoms with Crippen molar-refractivity contribution in [3.63, 3.8) is 0 Å². The third-order valence-electron chi connectivity index (χ3n) is 5.68. The largest absolute Gasteiger partial charge is 0.510 e. The summed E-state index contributed by atoms with van der Waals surface area (Å²) in [7, 11) is 0. The van der Waals surface area contributed by atoms with Gasteiger partial charge in [0.1, 0.15) is 28.8 Å². The summed E-state index contributed by atoms with van der Waals surface area (Å²) >= 11 is 1.21. The highest BCUT2D eigenvalue weighted by Crippen LogP contribution is 2.31. The molecule has 7 nitrogen and oxygen atoms in total. The zero-order valence-electron chi connectivity index (χ0n) is 19.7. The number of aliphatic hydroxyl groups is 1. The molecule has 2 aromatic heterocycles. The first-order valence-electron chi connectivity index (χ1n) is 11.3. The van der Waals surface area contributed by atoms with Crippen LogP contribution in [0, 0.1) is 25.2 Å². The average molecular weight is 491 g/mol. The van der Waals surface area contributed by atoms with Gasteiger partial charge in [0.25, 0.3) is 0 Å². The van der Waals surface area contributed by atoms with Crippen LogP contribution in [-0.4, -0.2) is 36.0 Å². The lowest BCUT2D eigenvalue weighted by Gasteiger charge is -2.10. The molecule has 3 aromatic carbocycles. The van der Waals surface area contributed by atoms with E-state index in [2.05, 4.69) is 26.2 Å². The summed E-state index contributed by atoms with van der Waals surface area (Å²) < 4.78 is 0. The van der Waals surface area contributed by atoms with Gasteiger partial charge in [0.15, 0.2) is 5.82 Å². The molecule has 0 aliphatic carbocycles. The second kappa shape index (κ2) is 10.0. The second-order valence-electron chi connectivity index (χ2n) is 8.35. The smallest absolute Gasteiger partial charge is 0.210 e.